The lowest BCUT2D eigenvalue weighted by Crippen LogP contribution is -2.06. The van der Waals surface area contributed by atoms with Gasteiger partial charge in [0.2, 0.25) is 0 Å². The molecule has 1 aliphatic rings. The van der Waals surface area contributed by atoms with Crippen molar-refractivity contribution in [2.75, 3.05) is 0 Å². The number of carbonyl (C=O) groups excluding carboxylic acids is 1. The molecule has 0 aliphatic heterocycles. The summed E-state index contributed by atoms with van der Waals surface area (Å²) < 4.78 is 5.12. The first kappa shape index (κ1) is 10.3. The molecule has 0 bridgehead atoms. The van der Waals surface area contributed by atoms with Crippen molar-refractivity contribution in [2.45, 2.75) is 46.0 Å². The number of allylic oxidation sites excluding steroid dienone is 2. The third kappa shape index (κ3) is 4.11. The van der Waals surface area contributed by atoms with Gasteiger partial charge in [0.1, 0.15) is 5.76 Å². The molecule has 1 atom stereocenters. The maximum absolute atomic E-state index is 10.8. The fourth-order valence-corrected chi connectivity index (χ4v) is 1.70. The second kappa shape index (κ2) is 5.05. The molecule has 0 aromatic rings. The molecule has 0 aromatic carbocycles. The van der Waals surface area contributed by atoms with Gasteiger partial charge in [0, 0.05) is 13.3 Å². The standard InChI is InChI=1S/C11H18O2/c1-9-6-4-3-5-7-11(8-9)13-10(2)12/h7,9H,3-6,8H2,1-2H3/b11-7+. The van der Waals surface area contributed by atoms with Crippen LogP contribution in [0.25, 0.3) is 0 Å². The zero-order valence-electron chi connectivity index (χ0n) is 8.51. The molecule has 0 saturated heterocycles. The Morgan fingerprint density at radius 3 is 3.00 bits per heavy atom. The first-order valence-electron chi connectivity index (χ1n) is 5.06. The van der Waals surface area contributed by atoms with Crippen LogP contribution in [0.2, 0.25) is 0 Å². The predicted octanol–water partition coefficient (Wildman–Crippen LogP) is 3.03. The van der Waals surface area contributed by atoms with E-state index in [-0.39, 0.29) is 5.97 Å². The van der Waals surface area contributed by atoms with Crippen LogP contribution in [0, 0.1) is 5.92 Å². The highest BCUT2D eigenvalue weighted by Gasteiger charge is 2.11. The summed E-state index contributed by atoms with van der Waals surface area (Å²) in [6.45, 7) is 3.67. The Hall–Kier alpha value is -0.790. The Bertz CT molecular complexity index is 206. The van der Waals surface area contributed by atoms with Crippen molar-refractivity contribution in [2.24, 2.45) is 5.92 Å². The summed E-state index contributed by atoms with van der Waals surface area (Å²) in [5.74, 6) is 1.32. The lowest BCUT2D eigenvalue weighted by atomic mass is 9.96. The maximum Gasteiger partial charge on any atom is 0.307 e. The van der Waals surface area contributed by atoms with E-state index in [2.05, 4.69) is 13.0 Å². The average molecular weight is 182 g/mol. The van der Waals surface area contributed by atoms with Gasteiger partial charge in [0.25, 0.3) is 0 Å². The number of hydrogen-bond donors (Lipinski definition) is 0. The highest BCUT2D eigenvalue weighted by molar-refractivity contribution is 5.67. The third-order valence-electron chi connectivity index (χ3n) is 2.35. The highest BCUT2D eigenvalue weighted by atomic mass is 16.5. The minimum Gasteiger partial charge on any atom is -0.432 e. The lowest BCUT2D eigenvalue weighted by molar-refractivity contribution is -0.137. The Labute approximate surface area is 80.0 Å². The number of hydrogen-bond acceptors (Lipinski definition) is 2. The Balaban J connectivity index is 2.52. The van der Waals surface area contributed by atoms with Gasteiger partial charge in [-0.3, -0.25) is 4.79 Å². The van der Waals surface area contributed by atoms with E-state index in [0.717, 1.165) is 18.6 Å². The Kier molecular flexibility index (Phi) is 4.00. The lowest BCUT2D eigenvalue weighted by Gasteiger charge is -2.16. The molecule has 0 aromatic heterocycles. The summed E-state index contributed by atoms with van der Waals surface area (Å²) in [6, 6.07) is 0. The summed E-state index contributed by atoms with van der Waals surface area (Å²) in [5.41, 5.74) is 0. The quantitative estimate of drug-likeness (QED) is 0.583. The fourth-order valence-electron chi connectivity index (χ4n) is 1.70. The molecule has 0 N–H and O–H groups in total. The molecule has 13 heavy (non-hydrogen) atoms. The van der Waals surface area contributed by atoms with E-state index in [0.29, 0.717) is 5.92 Å². The zero-order chi connectivity index (χ0) is 9.68. The summed E-state index contributed by atoms with van der Waals surface area (Å²) in [7, 11) is 0. The van der Waals surface area contributed by atoms with Crippen LogP contribution in [0.5, 0.6) is 0 Å². The maximum atomic E-state index is 10.8. The molecule has 2 nitrogen and oxygen atoms in total. The normalized spacial score (nSPS) is 28.2. The molecule has 1 aliphatic carbocycles. The minimum absolute atomic E-state index is 0.195. The van der Waals surface area contributed by atoms with Crippen molar-refractivity contribution in [1.82, 2.24) is 0 Å². The van der Waals surface area contributed by atoms with E-state index in [4.69, 9.17) is 4.74 Å². The van der Waals surface area contributed by atoms with Crippen LogP contribution in [0.3, 0.4) is 0 Å². The van der Waals surface area contributed by atoms with E-state index in [9.17, 15) is 4.79 Å². The van der Waals surface area contributed by atoms with Crippen molar-refractivity contribution in [3.8, 4) is 0 Å². The van der Waals surface area contributed by atoms with E-state index >= 15 is 0 Å². The highest BCUT2D eigenvalue weighted by Crippen LogP contribution is 2.22. The van der Waals surface area contributed by atoms with Crippen LogP contribution in [-0.4, -0.2) is 5.97 Å². The molecule has 2 heteroatoms. The minimum atomic E-state index is -0.195. The Morgan fingerprint density at radius 1 is 1.54 bits per heavy atom. The SMILES string of the molecule is CC(=O)O/C1=C/CCCCC(C)C1. The van der Waals surface area contributed by atoms with Gasteiger partial charge >= 0.3 is 5.97 Å². The summed E-state index contributed by atoms with van der Waals surface area (Å²) >= 11 is 0. The van der Waals surface area contributed by atoms with Crippen molar-refractivity contribution in [3.05, 3.63) is 11.8 Å². The molecule has 74 valence electrons. The molecule has 0 spiro atoms. The zero-order valence-corrected chi connectivity index (χ0v) is 8.51. The molecule has 0 saturated carbocycles. The van der Waals surface area contributed by atoms with Gasteiger partial charge in [0.15, 0.2) is 0 Å². The molecule has 0 heterocycles. The Morgan fingerprint density at radius 2 is 2.31 bits per heavy atom. The van der Waals surface area contributed by atoms with Crippen LogP contribution in [0.1, 0.15) is 46.0 Å². The molecule has 0 radical (unpaired) electrons. The van der Waals surface area contributed by atoms with Crippen molar-refractivity contribution in [1.29, 1.82) is 0 Å². The second-order valence-electron chi connectivity index (χ2n) is 3.86. The van der Waals surface area contributed by atoms with Crippen LogP contribution >= 0.6 is 0 Å². The summed E-state index contributed by atoms with van der Waals surface area (Å²) in [4.78, 5) is 10.8. The van der Waals surface area contributed by atoms with E-state index < -0.39 is 0 Å². The van der Waals surface area contributed by atoms with Crippen molar-refractivity contribution in [3.63, 3.8) is 0 Å². The molecule has 0 fully saturated rings. The number of rotatable bonds is 1. The molecule has 1 unspecified atom stereocenters. The van der Waals surface area contributed by atoms with E-state index in [1.54, 1.807) is 0 Å². The first-order valence-corrected chi connectivity index (χ1v) is 5.06. The monoisotopic (exact) mass is 182 g/mol. The van der Waals surface area contributed by atoms with Crippen LogP contribution in [0.15, 0.2) is 11.8 Å². The van der Waals surface area contributed by atoms with Gasteiger partial charge < -0.3 is 4.74 Å². The molecular formula is C11H18O2. The molecule has 0 amide bonds. The van der Waals surface area contributed by atoms with Gasteiger partial charge in [-0.05, 0) is 24.8 Å². The topological polar surface area (TPSA) is 26.3 Å². The van der Waals surface area contributed by atoms with Gasteiger partial charge in [-0.1, -0.05) is 19.8 Å². The smallest absolute Gasteiger partial charge is 0.307 e. The van der Waals surface area contributed by atoms with Crippen LogP contribution in [-0.2, 0) is 9.53 Å². The summed E-state index contributed by atoms with van der Waals surface area (Å²) in [6.07, 6.45) is 7.80. The predicted molar refractivity (Wildman–Crippen MR) is 52.1 cm³/mol. The van der Waals surface area contributed by atoms with Gasteiger partial charge in [-0.25, -0.2) is 0 Å². The molecular weight excluding hydrogens is 164 g/mol. The van der Waals surface area contributed by atoms with Crippen LogP contribution < -0.4 is 0 Å². The number of ether oxygens (including phenoxy) is 1. The van der Waals surface area contributed by atoms with Gasteiger partial charge in [-0.15, -0.1) is 0 Å². The van der Waals surface area contributed by atoms with E-state index in [1.807, 2.05) is 0 Å². The number of carbonyl (C=O) groups is 1. The fraction of sp³-hybridized carbons (Fsp3) is 0.727. The van der Waals surface area contributed by atoms with E-state index in [1.165, 1.54) is 26.2 Å². The number of esters is 1. The average Bonchev–Trinajstić information content (AvgIpc) is 1.98. The first-order chi connectivity index (χ1) is 6.18. The second-order valence-corrected chi connectivity index (χ2v) is 3.86. The van der Waals surface area contributed by atoms with Gasteiger partial charge in [0.05, 0.1) is 0 Å². The van der Waals surface area contributed by atoms with Gasteiger partial charge in [-0.2, -0.15) is 0 Å². The summed E-state index contributed by atoms with van der Waals surface area (Å²) in [5, 5.41) is 0. The van der Waals surface area contributed by atoms with Crippen molar-refractivity contribution >= 4 is 5.97 Å². The molecule has 1 rings (SSSR count). The largest absolute Gasteiger partial charge is 0.432 e. The van der Waals surface area contributed by atoms with Crippen LogP contribution in [0.4, 0.5) is 0 Å². The third-order valence-corrected chi connectivity index (χ3v) is 2.35. The van der Waals surface area contributed by atoms with Crippen molar-refractivity contribution < 1.29 is 9.53 Å².